The van der Waals surface area contributed by atoms with Gasteiger partial charge in [-0.25, -0.2) is 8.42 Å². The molecule has 0 aromatic heterocycles. The number of sulfonamides is 1. The first-order valence-electron chi connectivity index (χ1n) is 9.38. The van der Waals surface area contributed by atoms with Crippen molar-refractivity contribution in [3.8, 4) is 0 Å². The number of hydrogen-bond acceptors (Lipinski definition) is 3. The van der Waals surface area contributed by atoms with Gasteiger partial charge in [-0.05, 0) is 56.2 Å². The van der Waals surface area contributed by atoms with E-state index in [4.69, 9.17) is 0 Å². The van der Waals surface area contributed by atoms with Crippen LogP contribution < -0.4 is 0 Å². The molecule has 1 aromatic carbocycles. The highest BCUT2D eigenvalue weighted by Crippen LogP contribution is 2.23. The maximum absolute atomic E-state index is 12.8. The Morgan fingerprint density at radius 3 is 2.52 bits per heavy atom. The number of likely N-dealkylation sites (tertiary alicyclic amines) is 1. The summed E-state index contributed by atoms with van der Waals surface area (Å²) in [6.07, 6.45) is 6.06. The molecule has 2 aliphatic heterocycles. The molecular formula is C19H28N2O3S. The molecular weight excluding hydrogens is 336 g/mol. The molecule has 0 spiro atoms. The molecule has 6 heteroatoms. The molecule has 25 heavy (non-hydrogen) atoms. The first-order chi connectivity index (χ1) is 12.0. The van der Waals surface area contributed by atoms with Crippen molar-refractivity contribution in [2.45, 2.75) is 50.3 Å². The van der Waals surface area contributed by atoms with Gasteiger partial charge in [-0.15, -0.1) is 0 Å². The van der Waals surface area contributed by atoms with Gasteiger partial charge in [0, 0.05) is 31.7 Å². The molecule has 138 valence electrons. The van der Waals surface area contributed by atoms with Crippen LogP contribution in [-0.2, 0) is 10.0 Å². The summed E-state index contributed by atoms with van der Waals surface area (Å²) in [4.78, 5) is 14.9. The van der Waals surface area contributed by atoms with Gasteiger partial charge in [-0.3, -0.25) is 4.79 Å². The van der Waals surface area contributed by atoms with Crippen molar-refractivity contribution in [3.63, 3.8) is 0 Å². The molecule has 1 unspecified atom stereocenters. The fourth-order valence-corrected chi connectivity index (χ4v) is 5.26. The average molecular weight is 365 g/mol. The molecule has 0 aliphatic carbocycles. The van der Waals surface area contributed by atoms with E-state index < -0.39 is 10.0 Å². The molecule has 1 aromatic rings. The smallest absolute Gasteiger partial charge is 0.253 e. The predicted octanol–water partition coefficient (Wildman–Crippen LogP) is 3.12. The quantitative estimate of drug-likeness (QED) is 0.828. The molecule has 3 rings (SSSR count). The van der Waals surface area contributed by atoms with Crippen LogP contribution in [0.3, 0.4) is 0 Å². The lowest BCUT2D eigenvalue weighted by Crippen LogP contribution is -2.36. The maximum atomic E-state index is 12.8. The third kappa shape index (κ3) is 4.23. The van der Waals surface area contributed by atoms with Gasteiger partial charge in [0.1, 0.15) is 0 Å². The molecule has 0 saturated carbocycles. The molecule has 2 aliphatic rings. The van der Waals surface area contributed by atoms with Crippen molar-refractivity contribution in [3.05, 3.63) is 29.8 Å². The third-order valence-electron chi connectivity index (χ3n) is 5.34. The van der Waals surface area contributed by atoms with Crippen LogP contribution in [0.5, 0.6) is 0 Å². The van der Waals surface area contributed by atoms with Crippen molar-refractivity contribution < 1.29 is 13.2 Å². The average Bonchev–Trinajstić information content (AvgIpc) is 2.86. The summed E-state index contributed by atoms with van der Waals surface area (Å²) in [7, 11) is -3.50. The van der Waals surface area contributed by atoms with Gasteiger partial charge in [0.25, 0.3) is 5.91 Å². The number of hydrogen-bond donors (Lipinski definition) is 0. The van der Waals surface area contributed by atoms with Gasteiger partial charge in [0.05, 0.1) is 4.90 Å². The molecule has 0 bridgehead atoms. The lowest BCUT2D eigenvalue weighted by molar-refractivity contribution is 0.0760. The highest BCUT2D eigenvalue weighted by Gasteiger charge is 2.27. The fourth-order valence-electron chi connectivity index (χ4n) is 3.69. The van der Waals surface area contributed by atoms with Crippen LogP contribution in [0.4, 0.5) is 0 Å². The molecule has 2 saturated heterocycles. The zero-order chi connectivity index (χ0) is 17.9. The van der Waals surface area contributed by atoms with E-state index in [-0.39, 0.29) is 10.8 Å². The zero-order valence-electron chi connectivity index (χ0n) is 15.0. The minimum Gasteiger partial charge on any atom is -0.339 e. The monoisotopic (exact) mass is 364 g/mol. The van der Waals surface area contributed by atoms with Gasteiger partial charge in [-0.2, -0.15) is 4.31 Å². The van der Waals surface area contributed by atoms with Crippen molar-refractivity contribution in [2.24, 2.45) is 5.92 Å². The van der Waals surface area contributed by atoms with E-state index in [2.05, 4.69) is 6.92 Å². The van der Waals surface area contributed by atoms with E-state index in [0.717, 1.165) is 51.6 Å². The van der Waals surface area contributed by atoms with E-state index in [1.807, 2.05) is 4.90 Å². The third-order valence-corrected chi connectivity index (χ3v) is 7.23. The summed E-state index contributed by atoms with van der Waals surface area (Å²) in [5, 5.41) is 0. The van der Waals surface area contributed by atoms with Gasteiger partial charge >= 0.3 is 0 Å². The molecule has 2 fully saturated rings. The Morgan fingerprint density at radius 2 is 1.76 bits per heavy atom. The van der Waals surface area contributed by atoms with E-state index >= 15 is 0 Å². The van der Waals surface area contributed by atoms with E-state index in [1.165, 1.54) is 0 Å². The minimum absolute atomic E-state index is 0.0511. The van der Waals surface area contributed by atoms with E-state index in [9.17, 15) is 13.2 Å². The topological polar surface area (TPSA) is 57.7 Å². The Labute approximate surface area is 151 Å². The number of carbonyl (C=O) groups excluding carboxylic acids is 1. The van der Waals surface area contributed by atoms with Crippen molar-refractivity contribution in [1.82, 2.24) is 9.21 Å². The van der Waals surface area contributed by atoms with Crippen molar-refractivity contribution in [2.75, 3.05) is 26.2 Å². The van der Waals surface area contributed by atoms with Crippen molar-refractivity contribution in [1.29, 1.82) is 0 Å². The Bertz CT molecular complexity index is 711. The van der Waals surface area contributed by atoms with Crippen LogP contribution in [0.25, 0.3) is 0 Å². The summed E-state index contributed by atoms with van der Waals surface area (Å²) in [6.45, 7) is 4.88. The normalized spacial score (nSPS) is 23.2. The SMILES string of the molecule is CC1CCCN(C(=O)c2cccc(S(=O)(=O)N3CCCCC3)c2)CC1. The number of benzene rings is 1. The molecule has 0 radical (unpaired) electrons. The van der Waals surface area contributed by atoms with Crippen molar-refractivity contribution >= 4 is 15.9 Å². The number of amides is 1. The Morgan fingerprint density at radius 1 is 1.00 bits per heavy atom. The van der Waals surface area contributed by atoms with Gasteiger partial charge in [0.2, 0.25) is 10.0 Å². The molecule has 0 N–H and O–H groups in total. The Kier molecular flexibility index (Phi) is 5.79. The van der Waals surface area contributed by atoms with Crippen LogP contribution in [0.1, 0.15) is 55.8 Å². The lowest BCUT2D eigenvalue weighted by atomic mass is 10.0. The van der Waals surface area contributed by atoms with Crippen LogP contribution in [-0.4, -0.2) is 49.7 Å². The standard InChI is InChI=1S/C19H28N2O3S/c1-16-7-6-11-20(14-10-16)19(22)17-8-5-9-18(15-17)25(23,24)21-12-3-2-4-13-21/h5,8-9,15-16H,2-4,6-7,10-14H2,1H3. The van der Waals surface area contributed by atoms with Crippen LogP contribution >= 0.6 is 0 Å². The summed E-state index contributed by atoms with van der Waals surface area (Å²) in [5.74, 6) is 0.591. The molecule has 2 heterocycles. The van der Waals surface area contributed by atoms with Gasteiger partial charge < -0.3 is 4.90 Å². The highest BCUT2D eigenvalue weighted by atomic mass is 32.2. The van der Waals surface area contributed by atoms with Crippen LogP contribution in [0, 0.1) is 5.92 Å². The summed E-state index contributed by atoms with van der Waals surface area (Å²) in [5.41, 5.74) is 0.479. The Balaban J connectivity index is 1.80. The van der Waals surface area contributed by atoms with Gasteiger partial charge in [0.15, 0.2) is 0 Å². The minimum atomic E-state index is -3.50. The van der Waals surface area contributed by atoms with Gasteiger partial charge in [-0.1, -0.05) is 19.4 Å². The predicted molar refractivity (Wildman–Crippen MR) is 98.0 cm³/mol. The largest absolute Gasteiger partial charge is 0.339 e. The molecule has 5 nitrogen and oxygen atoms in total. The lowest BCUT2D eigenvalue weighted by Gasteiger charge is -2.26. The molecule has 1 amide bonds. The summed E-state index contributed by atoms with van der Waals surface area (Å²) in [6, 6.07) is 6.57. The van der Waals surface area contributed by atoms with E-state index in [1.54, 1.807) is 28.6 Å². The number of carbonyl (C=O) groups is 1. The number of nitrogens with zero attached hydrogens (tertiary/aromatic N) is 2. The summed E-state index contributed by atoms with van der Waals surface area (Å²) < 4.78 is 27.2. The second kappa shape index (κ2) is 7.87. The Hall–Kier alpha value is -1.40. The zero-order valence-corrected chi connectivity index (χ0v) is 15.8. The first kappa shape index (κ1) is 18.4. The maximum Gasteiger partial charge on any atom is 0.253 e. The number of piperidine rings is 1. The van der Waals surface area contributed by atoms with Crippen LogP contribution in [0.15, 0.2) is 29.2 Å². The number of rotatable bonds is 3. The van der Waals surface area contributed by atoms with Crippen LogP contribution in [0.2, 0.25) is 0 Å². The first-order valence-corrected chi connectivity index (χ1v) is 10.8. The van der Waals surface area contributed by atoms with E-state index in [0.29, 0.717) is 24.6 Å². The molecule has 1 atom stereocenters. The highest BCUT2D eigenvalue weighted by molar-refractivity contribution is 7.89. The second-order valence-electron chi connectivity index (χ2n) is 7.32. The summed E-state index contributed by atoms with van der Waals surface area (Å²) >= 11 is 0. The second-order valence-corrected chi connectivity index (χ2v) is 9.26. The fraction of sp³-hybridized carbons (Fsp3) is 0.632.